The lowest BCUT2D eigenvalue weighted by atomic mass is 10.0. The van der Waals surface area contributed by atoms with Crippen LogP contribution in [-0.2, 0) is 33.3 Å². The molecule has 7 nitrogen and oxygen atoms in total. The standard InChI is InChI=1S/C12H17FO7/c1-5-10(18-6(2)14)9(13)11(19-7(3)15)12(17-5)20-8(4)16/h5,9-12H,1-4H3/t5-,9+,10-,11+,12?/m0/s1. The summed E-state index contributed by atoms with van der Waals surface area (Å²) in [7, 11) is 0. The van der Waals surface area contributed by atoms with Crippen molar-refractivity contribution in [2.24, 2.45) is 0 Å². The van der Waals surface area contributed by atoms with Crippen LogP contribution in [0.3, 0.4) is 0 Å². The van der Waals surface area contributed by atoms with Crippen LogP contribution in [0, 0.1) is 0 Å². The molecule has 0 aromatic carbocycles. The molecule has 20 heavy (non-hydrogen) atoms. The molecule has 8 heteroatoms. The predicted molar refractivity (Wildman–Crippen MR) is 62.1 cm³/mol. The molecule has 0 saturated carbocycles. The fourth-order valence-corrected chi connectivity index (χ4v) is 1.89. The molecule has 0 amide bonds. The number of hydrogen-bond acceptors (Lipinski definition) is 7. The highest BCUT2D eigenvalue weighted by Gasteiger charge is 2.50. The monoisotopic (exact) mass is 292 g/mol. The van der Waals surface area contributed by atoms with Gasteiger partial charge in [-0.15, -0.1) is 0 Å². The summed E-state index contributed by atoms with van der Waals surface area (Å²) in [6.45, 7) is 4.78. The minimum absolute atomic E-state index is 0.694. The molecule has 0 bridgehead atoms. The maximum atomic E-state index is 14.4. The van der Waals surface area contributed by atoms with Crippen LogP contribution in [-0.4, -0.2) is 48.7 Å². The first kappa shape index (κ1) is 16.4. The Hall–Kier alpha value is -1.70. The number of halogens is 1. The zero-order valence-electron chi connectivity index (χ0n) is 11.6. The van der Waals surface area contributed by atoms with E-state index in [1.165, 1.54) is 6.92 Å². The zero-order valence-corrected chi connectivity index (χ0v) is 11.6. The smallest absolute Gasteiger partial charge is 0.305 e. The lowest BCUT2D eigenvalue weighted by molar-refractivity contribution is -0.280. The Morgan fingerprint density at radius 2 is 1.35 bits per heavy atom. The quantitative estimate of drug-likeness (QED) is 0.552. The highest BCUT2D eigenvalue weighted by molar-refractivity contribution is 5.67. The van der Waals surface area contributed by atoms with E-state index >= 15 is 0 Å². The maximum Gasteiger partial charge on any atom is 0.305 e. The number of carbonyl (C=O) groups is 3. The van der Waals surface area contributed by atoms with E-state index in [0.29, 0.717) is 0 Å². The van der Waals surface area contributed by atoms with E-state index in [1.54, 1.807) is 0 Å². The second-order valence-corrected chi connectivity index (χ2v) is 4.41. The first-order chi connectivity index (χ1) is 9.22. The highest BCUT2D eigenvalue weighted by atomic mass is 19.1. The highest BCUT2D eigenvalue weighted by Crippen LogP contribution is 2.29. The molecule has 1 saturated heterocycles. The zero-order chi connectivity index (χ0) is 15.4. The molecule has 0 aliphatic carbocycles. The molecule has 1 heterocycles. The largest absolute Gasteiger partial charge is 0.457 e. The first-order valence-electron chi connectivity index (χ1n) is 6.03. The second-order valence-electron chi connectivity index (χ2n) is 4.41. The van der Waals surface area contributed by atoms with Gasteiger partial charge in [0, 0.05) is 20.8 Å². The number of hydrogen-bond donors (Lipinski definition) is 0. The molecule has 0 N–H and O–H groups in total. The SMILES string of the molecule is CC(=O)OC1O[C@@H](C)[C@H](OC(C)=O)[C@@H](F)[C@H]1OC(C)=O. The topological polar surface area (TPSA) is 88.1 Å². The van der Waals surface area contributed by atoms with Crippen molar-refractivity contribution in [3.8, 4) is 0 Å². The lowest BCUT2D eigenvalue weighted by Crippen LogP contribution is -2.58. The van der Waals surface area contributed by atoms with Crippen LogP contribution < -0.4 is 0 Å². The number of alkyl halides is 1. The van der Waals surface area contributed by atoms with Gasteiger partial charge in [0.15, 0.2) is 18.4 Å². The molecule has 1 aliphatic heterocycles. The Morgan fingerprint density at radius 3 is 1.80 bits per heavy atom. The van der Waals surface area contributed by atoms with Gasteiger partial charge in [0.1, 0.15) is 0 Å². The lowest BCUT2D eigenvalue weighted by Gasteiger charge is -2.40. The van der Waals surface area contributed by atoms with E-state index in [0.717, 1.165) is 20.8 Å². The van der Waals surface area contributed by atoms with Gasteiger partial charge in [0.2, 0.25) is 6.29 Å². The van der Waals surface area contributed by atoms with E-state index in [1.807, 2.05) is 0 Å². The molecule has 0 radical (unpaired) electrons. The van der Waals surface area contributed by atoms with Gasteiger partial charge in [0.25, 0.3) is 0 Å². The fourth-order valence-electron chi connectivity index (χ4n) is 1.89. The van der Waals surface area contributed by atoms with E-state index in [9.17, 15) is 18.8 Å². The van der Waals surface area contributed by atoms with E-state index in [4.69, 9.17) is 18.9 Å². The third-order valence-electron chi connectivity index (χ3n) is 2.59. The summed E-state index contributed by atoms with van der Waals surface area (Å²) in [4.78, 5) is 32.9. The number of rotatable bonds is 3. The van der Waals surface area contributed by atoms with Gasteiger partial charge in [-0.1, -0.05) is 0 Å². The van der Waals surface area contributed by atoms with Gasteiger partial charge in [-0.2, -0.15) is 0 Å². The summed E-state index contributed by atoms with van der Waals surface area (Å²) < 4.78 is 34.0. The molecule has 1 aliphatic rings. The first-order valence-corrected chi connectivity index (χ1v) is 6.03. The van der Waals surface area contributed by atoms with Crippen molar-refractivity contribution in [2.75, 3.05) is 0 Å². The van der Waals surface area contributed by atoms with Crippen molar-refractivity contribution in [2.45, 2.75) is 58.5 Å². The molecule has 1 rings (SSSR count). The summed E-state index contributed by atoms with van der Waals surface area (Å²) in [6.07, 6.45) is -6.84. The van der Waals surface area contributed by atoms with Gasteiger partial charge >= 0.3 is 17.9 Å². The molecule has 5 atom stereocenters. The average molecular weight is 292 g/mol. The molecule has 1 fully saturated rings. The van der Waals surface area contributed by atoms with Gasteiger partial charge in [-0.25, -0.2) is 4.39 Å². The van der Waals surface area contributed by atoms with Gasteiger partial charge in [0.05, 0.1) is 6.10 Å². The fraction of sp³-hybridized carbons (Fsp3) is 0.750. The Bertz CT molecular complexity index is 397. The van der Waals surface area contributed by atoms with Crippen molar-refractivity contribution in [3.05, 3.63) is 0 Å². The van der Waals surface area contributed by atoms with E-state index in [-0.39, 0.29) is 0 Å². The molecule has 114 valence electrons. The Balaban J connectivity index is 2.92. The van der Waals surface area contributed by atoms with Crippen molar-refractivity contribution in [1.29, 1.82) is 0 Å². The van der Waals surface area contributed by atoms with Crippen molar-refractivity contribution < 1.29 is 37.7 Å². The predicted octanol–water partition coefficient (Wildman–Crippen LogP) is 0.496. The third-order valence-corrected chi connectivity index (χ3v) is 2.59. The molecule has 0 aromatic heterocycles. The van der Waals surface area contributed by atoms with Gasteiger partial charge in [-0.05, 0) is 6.92 Å². The van der Waals surface area contributed by atoms with Crippen LogP contribution in [0.25, 0.3) is 0 Å². The summed E-state index contributed by atoms with van der Waals surface area (Å²) in [6, 6.07) is 0. The maximum absolute atomic E-state index is 14.4. The molecular weight excluding hydrogens is 275 g/mol. The molecular formula is C12H17FO7. The Morgan fingerprint density at radius 1 is 0.900 bits per heavy atom. The van der Waals surface area contributed by atoms with Crippen LogP contribution in [0.1, 0.15) is 27.7 Å². The van der Waals surface area contributed by atoms with Crippen LogP contribution in [0.5, 0.6) is 0 Å². The van der Waals surface area contributed by atoms with Crippen LogP contribution in [0.2, 0.25) is 0 Å². The van der Waals surface area contributed by atoms with Crippen LogP contribution >= 0.6 is 0 Å². The number of carbonyl (C=O) groups excluding carboxylic acids is 3. The van der Waals surface area contributed by atoms with Crippen molar-refractivity contribution >= 4 is 17.9 Å². The van der Waals surface area contributed by atoms with Crippen molar-refractivity contribution in [1.82, 2.24) is 0 Å². The van der Waals surface area contributed by atoms with Gasteiger partial charge in [-0.3, -0.25) is 14.4 Å². The molecule has 0 spiro atoms. The van der Waals surface area contributed by atoms with Crippen LogP contribution in [0.15, 0.2) is 0 Å². The summed E-state index contributed by atoms with van der Waals surface area (Å²) >= 11 is 0. The van der Waals surface area contributed by atoms with E-state index in [2.05, 4.69) is 0 Å². The van der Waals surface area contributed by atoms with Gasteiger partial charge < -0.3 is 18.9 Å². The minimum atomic E-state index is -1.86. The summed E-state index contributed by atoms with van der Waals surface area (Å²) in [5.74, 6) is -2.17. The second kappa shape index (κ2) is 6.65. The Labute approximate surface area is 115 Å². The minimum Gasteiger partial charge on any atom is -0.457 e. The normalized spacial score (nSPS) is 33.1. The average Bonchev–Trinajstić information content (AvgIpc) is 2.28. The number of ether oxygens (including phenoxy) is 4. The van der Waals surface area contributed by atoms with E-state index < -0.39 is 48.7 Å². The number of esters is 3. The summed E-state index contributed by atoms with van der Waals surface area (Å²) in [5.41, 5.74) is 0. The summed E-state index contributed by atoms with van der Waals surface area (Å²) in [5, 5.41) is 0. The molecule has 1 unspecified atom stereocenters. The Kier molecular flexibility index (Phi) is 5.43. The third kappa shape index (κ3) is 4.16. The van der Waals surface area contributed by atoms with Crippen LogP contribution in [0.4, 0.5) is 4.39 Å². The molecule has 0 aromatic rings. The van der Waals surface area contributed by atoms with Crippen molar-refractivity contribution in [3.63, 3.8) is 0 Å².